The topological polar surface area (TPSA) is 38.8 Å². The lowest BCUT2D eigenvalue weighted by atomic mass is 10.1. The van der Waals surface area contributed by atoms with Crippen molar-refractivity contribution in [1.82, 2.24) is 4.90 Å². The van der Waals surface area contributed by atoms with Crippen molar-refractivity contribution in [1.29, 1.82) is 0 Å². The van der Waals surface area contributed by atoms with E-state index in [1.807, 2.05) is 36.1 Å². The standard InChI is InChI=1S/C19H27NO3/c1-2-20(13-15-10-11-22-14-15)19(21)16-6-5-9-18(12-16)23-17-7-3-4-8-17/h5-6,9,12,15,17H,2-4,7-8,10-11,13-14H2,1H3/t15-/m1/s1. The summed E-state index contributed by atoms with van der Waals surface area (Å²) >= 11 is 0. The highest BCUT2D eigenvalue weighted by Crippen LogP contribution is 2.25. The van der Waals surface area contributed by atoms with Gasteiger partial charge in [-0.25, -0.2) is 0 Å². The average molecular weight is 317 g/mol. The predicted molar refractivity (Wildman–Crippen MR) is 89.8 cm³/mol. The van der Waals surface area contributed by atoms with Gasteiger partial charge in [0.15, 0.2) is 0 Å². The molecule has 1 aliphatic heterocycles. The van der Waals surface area contributed by atoms with Crippen LogP contribution in [0.15, 0.2) is 24.3 Å². The summed E-state index contributed by atoms with van der Waals surface area (Å²) in [5, 5.41) is 0. The first-order chi connectivity index (χ1) is 11.3. The summed E-state index contributed by atoms with van der Waals surface area (Å²) in [6.07, 6.45) is 6.11. The number of nitrogens with zero attached hydrogens (tertiary/aromatic N) is 1. The molecule has 3 rings (SSSR count). The van der Waals surface area contributed by atoms with Gasteiger partial charge in [0.25, 0.3) is 5.91 Å². The van der Waals surface area contributed by atoms with Gasteiger partial charge in [0.2, 0.25) is 0 Å². The van der Waals surface area contributed by atoms with E-state index < -0.39 is 0 Å². The summed E-state index contributed by atoms with van der Waals surface area (Å²) in [4.78, 5) is 14.7. The Morgan fingerprint density at radius 1 is 1.30 bits per heavy atom. The maximum Gasteiger partial charge on any atom is 0.253 e. The Bertz CT molecular complexity index is 519. The van der Waals surface area contributed by atoms with E-state index in [9.17, 15) is 4.79 Å². The second kappa shape index (κ2) is 7.82. The van der Waals surface area contributed by atoms with Crippen LogP contribution in [0.1, 0.15) is 49.4 Å². The van der Waals surface area contributed by atoms with Crippen LogP contribution in [0.2, 0.25) is 0 Å². The molecule has 2 aliphatic rings. The molecular formula is C19H27NO3. The number of rotatable bonds is 6. The molecule has 1 atom stereocenters. The molecule has 4 heteroatoms. The van der Waals surface area contributed by atoms with E-state index >= 15 is 0 Å². The monoisotopic (exact) mass is 317 g/mol. The molecule has 1 saturated carbocycles. The molecule has 1 aromatic rings. The van der Waals surface area contributed by atoms with Crippen molar-refractivity contribution in [3.05, 3.63) is 29.8 Å². The maximum absolute atomic E-state index is 12.8. The lowest BCUT2D eigenvalue weighted by molar-refractivity contribution is 0.0730. The summed E-state index contributed by atoms with van der Waals surface area (Å²) in [6.45, 7) is 5.13. The quantitative estimate of drug-likeness (QED) is 0.806. The van der Waals surface area contributed by atoms with Crippen molar-refractivity contribution >= 4 is 5.91 Å². The van der Waals surface area contributed by atoms with Gasteiger partial charge in [-0.1, -0.05) is 6.07 Å². The fraction of sp³-hybridized carbons (Fsp3) is 0.632. The van der Waals surface area contributed by atoms with Gasteiger partial charge in [0.1, 0.15) is 5.75 Å². The van der Waals surface area contributed by atoms with Gasteiger partial charge >= 0.3 is 0 Å². The first kappa shape index (κ1) is 16.3. The largest absolute Gasteiger partial charge is 0.490 e. The Morgan fingerprint density at radius 2 is 2.13 bits per heavy atom. The smallest absolute Gasteiger partial charge is 0.253 e. The lowest BCUT2D eigenvalue weighted by Gasteiger charge is -2.24. The first-order valence-corrected chi connectivity index (χ1v) is 8.90. The van der Waals surface area contributed by atoms with Crippen molar-refractivity contribution in [2.24, 2.45) is 5.92 Å². The number of carbonyl (C=O) groups excluding carboxylic acids is 1. The van der Waals surface area contributed by atoms with Crippen LogP contribution in [-0.2, 0) is 4.74 Å². The van der Waals surface area contributed by atoms with Crippen LogP contribution in [0, 0.1) is 5.92 Å². The van der Waals surface area contributed by atoms with Crippen LogP contribution in [-0.4, -0.2) is 43.2 Å². The van der Waals surface area contributed by atoms with E-state index in [2.05, 4.69) is 0 Å². The van der Waals surface area contributed by atoms with Gasteiger partial charge in [0, 0.05) is 31.2 Å². The summed E-state index contributed by atoms with van der Waals surface area (Å²) in [5.41, 5.74) is 0.723. The van der Waals surface area contributed by atoms with Crippen LogP contribution >= 0.6 is 0 Å². The molecule has 0 spiro atoms. The third kappa shape index (κ3) is 4.25. The lowest BCUT2D eigenvalue weighted by Crippen LogP contribution is -2.35. The van der Waals surface area contributed by atoms with Crippen molar-refractivity contribution < 1.29 is 14.3 Å². The van der Waals surface area contributed by atoms with Crippen LogP contribution < -0.4 is 4.74 Å². The minimum Gasteiger partial charge on any atom is -0.490 e. The molecular weight excluding hydrogens is 290 g/mol. The Hall–Kier alpha value is -1.55. The van der Waals surface area contributed by atoms with Gasteiger partial charge in [-0.3, -0.25) is 4.79 Å². The zero-order valence-electron chi connectivity index (χ0n) is 14.0. The third-order valence-electron chi connectivity index (χ3n) is 4.86. The minimum atomic E-state index is 0.0938. The molecule has 1 aromatic carbocycles. The Labute approximate surface area is 138 Å². The fourth-order valence-corrected chi connectivity index (χ4v) is 3.48. The summed E-state index contributed by atoms with van der Waals surface area (Å²) in [7, 11) is 0. The molecule has 0 unspecified atom stereocenters. The number of benzene rings is 1. The van der Waals surface area contributed by atoms with E-state index in [4.69, 9.17) is 9.47 Å². The molecule has 0 N–H and O–H groups in total. The van der Waals surface area contributed by atoms with E-state index in [-0.39, 0.29) is 5.91 Å². The predicted octanol–water partition coefficient (Wildman–Crippen LogP) is 3.51. The molecule has 0 bridgehead atoms. The third-order valence-corrected chi connectivity index (χ3v) is 4.86. The summed E-state index contributed by atoms with van der Waals surface area (Å²) < 4.78 is 11.4. The highest BCUT2D eigenvalue weighted by Gasteiger charge is 2.23. The van der Waals surface area contributed by atoms with E-state index in [1.54, 1.807) is 0 Å². The van der Waals surface area contributed by atoms with Crippen molar-refractivity contribution in [2.75, 3.05) is 26.3 Å². The second-order valence-electron chi connectivity index (χ2n) is 6.63. The van der Waals surface area contributed by atoms with Crippen molar-refractivity contribution in [2.45, 2.75) is 45.1 Å². The maximum atomic E-state index is 12.8. The Kier molecular flexibility index (Phi) is 5.55. The molecule has 126 valence electrons. The van der Waals surface area contributed by atoms with Gasteiger partial charge in [-0.2, -0.15) is 0 Å². The van der Waals surface area contributed by atoms with E-state index in [0.717, 1.165) is 56.9 Å². The highest BCUT2D eigenvalue weighted by molar-refractivity contribution is 5.94. The summed E-state index contributed by atoms with van der Waals surface area (Å²) in [5.74, 6) is 1.39. The van der Waals surface area contributed by atoms with Crippen LogP contribution in [0.5, 0.6) is 5.75 Å². The first-order valence-electron chi connectivity index (χ1n) is 8.90. The van der Waals surface area contributed by atoms with E-state index in [0.29, 0.717) is 12.0 Å². The molecule has 1 amide bonds. The highest BCUT2D eigenvalue weighted by atomic mass is 16.5. The number of hydrogen-bond acceptors (Lipinski definition) is 3. The number of carbonyl (C=O) groups is 1. The molecule has 0 aromatic heterocycles. The van der Waals surface area contributed by atoms with Crippen LogP contribution in [0.4, 0.5) is 0 Å². The zero-order valence-corrected chi connectivity index (χ0v) is 14.0. The molecule has 4 nitrogen and oxygen atoms in total. The SMILES string of the molecule is CCN(C[C@H]1CCOC1)C(=O)c1cccc(OC2CCCC2)c1. The zero-order chi connectivity index (χ0) is 16.1. The fourth-order valence-electron chi connectivity index (χ4n) is 3.48. The normalized spacial score (nSPS) is 21.5. The number of hydrogen-bond donors (Lipinski definition) is 0. The van der Waals surface area contributed by atoms with Crippen LogP contribution in [0.25, 0.3) is 0 Å². The molecule has 1 heterocycles. The number of amides is 1. The molecule has 0 radical (unpaired) electrons. The number of ether oxygens (including phenoxy) is 2. The molecule has 2 fully saturated rings. The van der Waals surface area contributed by atoms with Crippen LogP contribution in [0.3, 0.4) is 0 Å². The van der Waals surface area contributed by atoms with Crippen molar-refractivity contribution in [3.8, 4) is 5.75 Å². The Morgan fingerprint density at radius 3 is 2.83 bits per heavy atom. The van der Waals surface area contributed by atoms with Gasteiger partial charge in [-0.05, 0) is 57.2 Å². The van der Waals surface area contributed by atoms with Gasteiger partial charge in [-0.15, -0.1) is 0 Å². The second-order valence-corrected chi connectivity index (χ2v) is 6.63. The van der Waals surface area contributed by atoms with Crippen molar-refractivity contribution in [3.63, 3.8) is 0 Å². The van der Waals surface area contributed by atoms with Gasteiger partial charge < -0.3 is 14.4 Å². The van der Waals surface area contributed by atoms with Gasteiger partial charge in [0.05, 0.1) is 12.7 Å². The van der Waals surface area contributed by atoms with E-state index in [1.165, 1.54) is 12.8 Å². The minimum absolute atomic E-state index is 0.0938. The summed E-state index contributed by atoms with van der Waals surface area (Å²) in [6, 6.07) is 7.66. The molecule has 1 aliphatic carbocycles. The average Bonchev–Trinajstić information content (AvgIpc) is 3.26. The molecule has 1 saturated heterocycles. The Balaban J connectivity index is 1.64. The molecule has 23 heavy (non-hydrogen) atoms.